The first-order valence-corrected chi connectivity index (χ1v) is 8.68. The van der Waals surface area contributed by atoms with Crippen LogP contribution < -0.4 is 5.32 Å². The number of alkyl halides is 1. The predicted molar refractivity (Wildman–Crippen MR) is 93.7 cm³/mol. The van der Waals surface area contributed by atoms with Crippen molar-refractivity contribution in [1.29, 1.82) is 0 Å². The minimum absolute atomic E-state index is 0.0160. The quantitative estimate of drug-likeness (QED) is 0.881. The molecule has 24 heavy (non-hydrogen) atoms. The average Bonchev–Trinajstić information content (AvgIpc) is 3.00. The van der Waals surface area contributed by atoms with Crippen LogP contribution in [0.3, 0.4) is 0 Å². The summed E-state index contributed by atoms with van der Waals surface area (Å²) in [5.74, 6) is 0. The largest absolute Gasteiger partial charge is 0.444 e. The standard InChI is InChI=1S/C19H29FN2O2/c1-14(15-9-6-5-7-10-15)22-12-8-11-17(22)16(13-20)21-18(23)24-19(2,3)4/h5-7,9-10,14,16-17H,8,11-13H2,1-4H3,(H,21,23)/t14-,16+,17-/m1/s1. The lowest BCUT2D eigenvalue weighted by Crippen LogP contribution is -2.51. The number of halogens is 1. The predicted octanol–water partition coefficient (Wildman–Crippen LogP) is 4.07. The second-order valence-corrected chi connectivity index (χ2v) is 7.44. The van der Waals surface area contributed by atoms with Gasteiger partial charge in [-0.1, -0.05) is 30.3 Å². The topological polar surface area (TPSA) is 41.6 Å². The molecule has 0 spiro atoms. The molecule has 3 atom stereocenters. The van der Waals surface area contributed by atoms with Gasteiger partial charge in [-0.25, -0.2) is 9.18 Å². The maximum absolute atomic E-state index is 13.6. The molecule has 0 aromatic heterocycles. The van der Waals surface area contributed by atoms with Crippen molar-refractivity contribution < 1.29 is 13.9 Å². The van der Waals surface area contributed by atoms with Crippen LogP contribution in [-0.4, -0.2) is 41.9 Å². The Labute approximate surface area is 144 Å². The number of carbonyl (C=O) groups is 1. The second kappa shape index (κ2) is 7.97. The Balaban J connectivity index is 2.05. The van der Waals surface area contributed by atoms with Crippen molar-refractivity contribution in [3.8, 4) is 0 Å². The van der Waals surface area contributed by atoms with E-state index in [1.807, 2.05) is 18.2 Å². The minimum atomic E-state index is -0.595. The molecular formula is C19H29FN2O2. The minimum Gasteiger partial charge on any atom is -0.444 e. The van der Waals surface area contributed by atoms with Crippen LogP contribution in [-0.2, 0) is 4.74 Å². The number of hydrogen-bond donors (Lipinski definition) is 1. The normalized spacial score (nSPS) is 21.3. The third-order valence-electron chi connectivity index (χ3n) is 4.45. The first-order chi connectivity index (χ1) is 11.3. The van der Waals surface area contributed by atoms with E-state index in [-0.39, 0.29) is 12.1 Å². The summed E-state index contributed by atoms with van der Waals surface area (Å²) < 4.78 is 18.9. The maximum atomic E-state index is 13.6. The van der Waals surface area contributed by atoms with Crippen LogP contribution in [0.4, 0.5) is 9.18 Å². The van der Waals surface area contributed by atoms with E-state index in [1.165, 1.54) is 5.56 Å². The number of amides is 1. The molecule has 1 amide bonds. The molecule has 0 aliphatic carbocycles. The Morgan fingerprint density at radius 3 is 2.62 bits per heavy atom. The van der Waals surface area contributed by atoms with Gasteiger partial charge in [0.25, 0.3) is 0 Å². The number of alkyl carbamates (subject to hydrolysis) is 1. The summed E-state index contributed by atoms with van der Waals surface area (Å²) in [4.78, 5) is 14.3. The fraction of sp³-hybridized carbons (Fsp3) is 0.632. The lowest BCUT2D eigenvalue weighted by Gasteiger charge is -2.35. The van der Waals surface area contributed by atoms with Crippen molar-refractivity contribution in [2.45, 2.75) is 64.3 Å². The highest BCUT2D eigenvalue weighted by atomic mass is 19.1. The number of rotatable bonds is 5. The smallest absolute Gasteiger partial charge is 0.408 e. The number of benzene rings is 1. The fourth-order valence-electron chi connectivity index (χ4n) is 3.35. The summed E-state index contributed by atoms with van der Waals surface area (Å²) in [7, 11) is 0. The van der Waals surface area contributed by atoms with Gasteiger partial charge in [0.15, 0.2) is 0 Å². The highest BCUT2D eigenvalue weighted by Gasteiger charge is 2.36. The number of carbonyl (C=O) groups excluding carboxylic acids is 1. The van der Waals surface area contributed by atoms with Crippen LogP contribution in [0.15, 0.2) is 30.3 Å². The summed E-state index contributed by atoms with van der Waals surface area (Å²) in [6, 6.07) is 9.83. The Bertz CT molecular complexity index is 530. The van der Waals surface area contributed by atoms with Crippen molar-refractivity contribution in [3.63, 3.8) is 0 Å². The summed E-state index contributed by atoms with van der Waals surface area (Å²) in [5.41, 5.74) is 0.622. The molecule has 1 aromatic carbocycles. The molecule has 1 heterocycles. The summed E-state index contributed by atoms with van der Waals surface area (Å²) >= 11 is 0. The van der Waals surface area contributed by atoms with E-state index in [0.29, 0.717) is 0 Å². The van der Waals surface area contributed by atoms with Gasteiger partial charge in [0.1, 0.15) is 12.3 Å². The monoisotopic (exact) mass is 336 g/mol. The second-order valence-electron chi connectivity index (χ2n) is 7.44. The van der Waals surface area contributed by atoms with Gasteiger partial charge in [-0.3, -0.25) is 4.90 Å². The van der Waals surface area contributed by atoms with Crippen LogP contribution in [0.1, 0.15) is 52.1 Å². The molecule has 1 aromatic rings. The van der Waals surface area contributed by atoms with Crippen molar-refractivity contribution in [2.24, 2.45) is 0 Å². The van der Waals surface area contributed by atoms with Gasteiger partial charge in [0.2, 0.25) is 0 Å². The van der Waals surface area contributed by atoms with Crippen LogP contribution in [0.25, 0.3) is 0 Å². The van der Waals surface area contributed by atoms with Gasteiger partial charge >= 0.3 is 6.09 Å². The van der Waals surface area contributed by atoms with E-state index in [1.54, 1.807) is 20.8 Å². The van der Waals surface area contributed by atoms with Gasteiger partial charge in [-0.15, -0.1) is 0 Å². The van der Waals surface area contributed by atoms with Gasteiger partial charge in [0, 0.05) is 12.1 Å². The van der Waals surface area contributed by atoms with Crippen molar-refractivity contribution in [2.75, 3.05) is 13.2 Å². The van der Waals surface area contributed by atoms with Crippen molar-refractivity contribution in [1.82, 2.24) is 10.2 Å². The van der Waals surface area contributed by atoms with E-state index < -0.39 is 24.4 Å². The van der Waals surface area contributed by atoms with Crippen LogP contribution in [0.2, 0.25) is 0 Å². The third kappa shape index (κ3) is 4.94. The highest BCUT2D eigenvalue weighted by Crippen LogP contribution is 2.31. The van der Waals surface area contributed by atoms with E-state index in [0.717, 1.165) is 19.4 Å². The van der Waals surface area contributed by atoms with Gasteiger partial charge in [0.05, 0.1) is 6.04 Å². The molecule has 134 valence electrons. The Morgan fingerprint density at radius 1 is 1.38 bits per heavy atom. The van der Waals surface area contributed by atoms with Crippen molar-refractivity contribution >= 4 is 6.09 Å². The summed E-state index contributed by atoms with van der Waals surface area (Å²) in [5, 5.41) is 2.72. The molecule has 1 aliphatic heterocycles. The van der Waals surface area contributed by atoms with E-state index in [2.05, 4.69) is 29.3 Å². The lowest BCUT2D eigenvalue weighted by atomic mass is 10.0. The van der Waals surface area contributed by atoms with Gasteiger partial charge < -0.3 is 10.1 Å². The molecule has 1 N–H and O–H groups in total. The lowest BCUT2D eigenvalue weighted by molar-refractivity contribution is 0.0444. The van der Waals surface area contributed by atoms with Crippen molar-refractivity contribution in [3.05, 3.63) is 35.9 Å². The number of nitrogens with one attached hydrogen (secondary N) is 1. The first kappa shape index (κ1) is 18.7. The zero-order valence-electron chi connectivity index (χ0n) is 15.1. The third-order valence-corrected chi connectivity index (χ3v) is 4.45. The summed E-state index contributed by atoms with van der Waals surface area (Å²) in [6.07, 6.45) is 1.33. The highest BCUT2D eigenvalue weighted by molar-refractivity contribution is 5.68. The van der Waals surface area contributed by atoms with Gasteiger partial charge in [-0.05, 0) is 52.6 Å². The van der Waals surface area contributed by atoms with Crippen LogP contribution >= 0.6 is 0 Å². The van der Waals surface area contributed by atoms with E-state index in [4.69, 9.17) is 4.74 Å². The van der Waals surface area contributed by atoms with Gasteiger partial charge in [-0.2, -0.15) is 0 Å². The zero-order valence-corrected chi connectivity index (χ0v) is 15.1. The molecule has 4 nitrogen and oxygen atoms in total. The Hall–Kier alpha value is -1.62. The maximum Gasteiger partial charge on any atom is 0.408 e. The molecule has 1 aliphatic rings. The van der Waals surface area contributed by atoms with E-state index >= 15 is 0 Å². The summed E-state index contributed by atoms with van der Waals surface area (Å²) in [6.45, 7) is 7.86. The molecule has 1 fully saturated rings. The number of hydrogen-bond acceptors (Lipinski definition) is 3. The molecular weight excluding hydrogens is 307 g/mol. The number of nitrogens with zero attached hydrogens (tertiary/aromatic N) is 1. The Morgan fingerprint density at radius 2 is 2.04 bits per heavy atom. The molecule has 0 unspecified atom stereocenters. The molecule has 0 radical (unpaired) electrons. The van der Waals surface area contributed by atoms with Crippen LogP contribution in [0, 0.1) is 0 Å². The Kier molecular flexibility index (Phi) is 6.21. The SMILES string of the molecule is C[C@H](c1ccccc1)N1CCC[C@@H]1[C@H](CF)NC(=O)OC(C)(C)C. The first-order valence-electron chi connectivity index (χ1n) is 8.68. The average molecular weight is 336 g/mol. The number of likely N-dealkylation sites (tertiary alicyclic amines) is 1. The zero-order chi connectivity index (χ0) is 17.7. The molecule has 5 heteroatoms. The molecule has 1 saturated heterocycles. The molecule has 2 rings (SSSR count). The van der Waals surface area contributed by atoms with Crippen LogP contribution in [0.5, 0.6) is 0 Å². The van der Waals surface area contributed by atoms with E-state index in [9.17, 15) is 9.18 Å². The molecule has 0 bridgehead atoms. The molecule has 0 saturated carbocycles. The number of ether oxygens (including phenoxy) is 1. The fourth-order valence-corrected chi connectivity index (χ4v) is 3.35.